The van der Waals surface area contributed by atoms with Crippen molar-refractivity contribution in [1.29, 1.82) is 0 Å². The summed E-state index contributed by atoms with van der Waals surface area (Å²) in [5, 5.41) is 9.02. The van der Waals surface area contributed by atoms with Gasteiger partial charge in [0.25, 0.3) is 0 Å². The summed E-state index contributed by atoms with van der Waals surface area (Å²) in [6, 6.07) is 5.10. The zero-order valence-corrected chi connectivity index (χ0v) is 12.8. The number of hydrogen-bond acceptors (Lipinski definition) is 6. The second-order valence-electron chi connectivity index (χ2n) is 3.96. The van der Waals surface area contributed by atoms with Crippen LogP contribution in [0.3, 0.4) is 0 Å². The summed E-state index contributed by atoms with van der Waals surface area (Å²) >= 11 is 2.97. The van der Waals surface area contributed by atoms with Crippen LogP contribution in [0.25, 0.3) is 0 Å². The predicted molar refractivity (Wildman–Crippen MR) is 78.8 cm³/mol. The Morgan fingerprint density at radius 2 is 2.30 bits per heavy atom. The maximum absolute atomic E-state index is 11.0. The van der Waals surface area contributed by atoms with Crippen molar-refractivity contribution in [3.8, 4) is 5.75 Å². The van der Waals surface area contributed by atoms with Gasteiger partial charge in [-0.15, -0.1) is 0 Å². The number of benzene rings is 1. The van der Waals surface area contributed by atoms with Crippen LogP contribution in [0.4, 0.5) is 0 Å². The second kappa shape index (κ2) is 6.71. The third-order valence-corrected chi connectivity index (χ3v) is 4.57. The number of carboxylic acids is 1. The number of thioether (sulfide) groups is 1. The summed E-state index contributed by atoms with van der Waals surface area (Å²) in [6.07, 6.45) is 0.832. The molecule has 1 aromatic heterocycles. The first-order valence-electron chi connectivity index (χ1n) is 5.99. The van der Waals surface area contributed by atoms with Gasteiger partial charge in [0, 0.05) is 12.2 Å². The van der Waals surface area contributed by atoms with Gasteiger partial charge in [-0.05, 0) is 29.2 Å². The fraction of sp³-hybridized carbons (Fsp3) is 0.308. The quantitative estimate of drug-likeness (QED) is 0.827. The van der Waals surface area contributed by atoms with Crippen LogP contribution in [-0.4, -0.2) is 27.5 Å². The Morgan fingerprint density at radius 3 is 2.90 bits per heavy atom. The number of rotatable bonds is 6. The van der Waals surface area contributed by atoms with Crippen molar-refractivity contribution in [2.75, 3.05) is 7.11 Å². The molecule has 0 radical (unpaired) electrons. The third-order valence-electron chi connectivity index (χ3n) is 2.62. The van der Waals surface area contributed by atoms with Gasteiger partial charge in [-0.25, -0.2) is 9.78 Å². The Balaban J connectivity index is 2.08. The van der Waals surface area contributed by atoms with E-state index in [0.29, 0.717) is 11.5 Å². The number of ether oxygens (including phenoxy) is 1. The molecule has 20 heavy (non-hydrogen) atoms. The summed E-state index contributed by atoms with van der Waals surface area (Å²) in [7, 11) is 1.47. The second-order valence-corrected chi connectivity index (χ2v) is 5.93. The lowest BCUT2D eigenvalue weighted by atomic mass is 10.1. The summed E-state index contributed by atoms with van der Waals surface area (Å²) in [6.45, 7) is 2.02. The Bertz CT molecular complexity index is 613. The molecule has 0 aliphatic carbocycles. The summed E-state index contributed by atoms with van der Waals surface area (Å²) in [5.74, 6) is 0.949. The zero-order valence-electron chi connectivity index (χ0n) is 11.1. The number of nitrogens with zero attached hydrogens (tertiary/aromatic N) is 2. The molecular weight excluding hydrogens is 296 g/mol. The van der Waals surface area contributed by atoms with Crippen LogP contribution in [0.5, 0.6) is 5.75 Å². The minimum atomic E-state index is -0.988. The molecule has 0 bridgehead atoms. The first-order valence-corrected chi connectivity index (χ1v) is 7.75. The molecule has 0 saturated carbocycles. The molecule has 2 aromatic rings. The van der Waals surface area contributed by atoms with Gasteiger partial charge in [-0.2, -0.15) is 4.37 Å². The molecule has 5 nitrogen and oxygen atoms in total. The van der Waals surface area contributed by atoms with Crippen molar-refractivity contribution in [3.63, 3.8) is 0 Å². The number of aromatic carboxylic acids is 1. The van der Waals surface area contributed by atoms with E-state index in [2.05, 4.69) is 9.36 Å². The maximum atomic E-state index is 11.0. The van der Waals surface area contributed by atoms with E-state index in [1.165, 1.54) is 18.6 Å². The first kappa shape index (κ1) is 14.8. The zero-order chi connectivity index (χ0) is 14.5. The third kappa shape index (κ3) is 3.49. The highest BCUT2D eigenvalue weighted by Crippen LogP contribution is 2.27. The van der Waals surface area contributed by atoms with Gasteiger partial charge in [0.05, 0.1) is 7.11 Å². The van der Waals surface area contributed by atoms with Crippen molar-refractivity contribution >= 4 is 29.3 Å². The van der Waals surface area contributed by atoms with Crippen molar-refractivity contribution in [3.05, 3.63) is 35.2 Å². The summed E-state index contributed by atoms with van der Waals surface area (Å²) in [5.41, 5.74) is 1.16. The lowest BCUT2D eigenvalue weighted by Crippen LogP contribution is -2.00. The molecule has 0 fully saturated rings. The van der Waals surface area contributed by atoms with Crippen molar-refractivity contribution in [1.82, 2.24) is 9.36 Å². The van der Waals surface area contributed by atoms with E-state index < -0.39 is 5.97 Å². The van der Waals surface area contributed by atoms with Gasteiger partial charge in [-0.1, -0.05) is 24.8 Å². The lowest BCUT2D eigenvalue weighted by molar-refractivity contribution is 0.0693. The molecule has 0 aliphatic heterocycles. The highest BCUT2D eigenvalue weighted by Gasteiger charge is 2.11. The van der Waals surface area contributed by atoms with Crippen LogP contribution in [0, 0.1) is 0 Å². The van der Waals surface area contributed by atoms with Crippen molar-refractivity contribution in [2.45, 2.75) is 23.4 Å². The van der Waals surface area contributed by atoms with E-state index in [4.69, 9.17) is 9.84 Å². The minimum Gasteiger partial charge on any atom is -0.496 e. The first-order chi connectivity index (χ1) is 9.63. The van der Waals surface area contributed by atoms with Gasteiger partial charge < -0.3 is 9.84 Å². The average Bonchev–Trinajstić information content (AvgIpc) is 2.92. The summed E-state index contributed by atoms with van der Waals surface area (Å²) in [4.78, 5) is 15.4. The Morgan fingerprint density at radius 1 is 1.50 bits per heavy atom. The molecular formula is C13H14N2O3S2. The van der Waals surface area contributed by atoms with E-state index in [9.17, 15) is 4.79 Å². The molecule has 0 spiro atoms. The molecule has 0 amide bonds. The molecule has 0 saturated heterocycles. The monoisotopic (exact) mass is 310 g/mol. The highest BCUT2D eigenvalue weighted by molar-refractivity contribution is 8.00. The van der Waals surface area contributed by atoms with E-state index >= 15 is 0 Å². The maximum Gasteiger partial charge on any atom is 0.339 e. The van der Waals surface area contributed by atoms with Crippen LogP contribution in [-0.2, 0) is 12.2 Å². The Kier molecular flexibility index (Phi) is 4.97. The lowest BCUT2D eigenvalue weighted by Gasteiger charge is -2.07. The number of hydrogen-bond donors (Lipinski definition) is 1. The molecule has 0 atom stereocenters. The fourth-order valence-corrected chi connectivity index (χ4v) is 3.23. The van der Waals surface area contributed by atoms with E-state index in [0.717, 1.165) is 22.1 Å². The highest BCUT2D eigenvalue weighted by atomic mass is 32.2. The smallest absolute Gasteiger partial charge is 0.339 e. The van der Waals surface area contributed by atoms with Crippen molar-refractivity contribution < 1.29 is 14.6 Å². The number of carboxylic acid groups (broad SMARTS) is 1. The molecule has 1 N–H and O–H groups in total. The normalized spacial score (nSPS) is 10.5. The Hall–Kier alpha value is -1.60. The van der Waals surface area contributed by atoms with E-state index in [-0.39, 0.29) is 5.56 Å². The number of aryl methyl sites for hydroxylation is 1. The van der Waals surface area contributed by atoms with Crippen LogP contribution in [0.15, 0.2) is 22.5 Å². The standard InChI is InChI=1S/C13H14N2O3S2/c1-3-11-14-13(20-15-11)19-7-8-4-5-9(12(16)17)10(6-8)18-2/h4-6H,3,7H2,1-2H3,(H,16,17). The molecule has 7 heteroatoms. The number of carbonyl (C=O) groups is 1. The van der Waals surface area contributed by atoms with Crippen LogP contribution in [0.1, 0.15) is 28.7 Å². The fourth-order valence-electron chi connectivity index (χ4n) is 1.59. The minimum absolute atomic E-state index is 0.172. The average molecular weight is 310 g/mol. The van der Waals surface area contributed by atoms with Gasteiger partial charge in [0.2, 0.25) is 0 Å². The predicted octanol–water partition coefficient (Wildman–Crippen LogP) is 3.10. The Labute approximate surface area is 125 Å². The van der Waals surface area contributed by atoms with Gasteiger partial charge in [0.15, 0.2) is 4.34 Å². The van der Waals surface area contributed by atoms with Gasteiger partial charge in [-0.3, -0.25) is 0 Å². The molecule has 0 unspecified atom stereocenters. The van der Waals surface area contributed by atoms with E-state index in [1.807, 2.05) is 6.92 Å². The van der Waals surface area contributed by atoms with Crippen LogP contribution in [0.2, 0.25) is 0 Å². The van der Waals surface area contributed by atoms with Crippen molar-refractivity contribution in [2.24, 2.45) is 0 Å². The summed E-state index contributed by atoms with van der Waals surface area (Å²) < 4.78 is 10.3. The van der Waals surface area contributed by atoms with Crippen LogP contribution >= 0.6 is 23.3 Å². The molecule has 1 heterocycles. The largest absolute Gasteiger partial charge is 0.496 e. The van der Waals surface area contributed by atoms with Gasteiger partial charge in [0.1, 0.15) is 17.1 Å². The topological polar surface area (TPSA) is 72.3 Å². The molecule has 1 aromatic carbocycles. The molecule has 2 rings (SSSR count). The molecule has 0 aliphatic rings. The van der Waals surface area contributed by atoms with Crippen LogP contribution < -0.4 is 4.74 Å². The molecule has 106 valence electrons. The van der Waals surface area contributed by atoms with E-state index in [1.54, 1.807) is 30.0 Å². The van der Waals surface area contributed by atoms with Gasteiger partial charge >= 0.3 is 5.97 Å². The number of methoxy groups -OCH3 is 1. The number of aromatic nitrogens is 2. The SMILES string of the molecule is CCc1nsc(SCc2ccc(C(=O)O)c(OC)c2)n1.